The number of rotatable bonds is 4. The van der Waals surface area contributed by atoms with E-state index >= 15 is 0 Å². The average Bonchev–Trinajstić information content (AvgIpc) is 2.42. The number of aromatic nitrogens is 1. The SMILES string of the molecule is Cc1cnc(CNc2cccc(Cl)c2Cl)c(C)c1[N+](=O)[O-]. The van der Waals surface area contributed by atoms with E-state index in [4.69, 9.17) is 23.2 Å². The first kappa shape index (κ1) is 15.5. The highest BCUT2D eigenvalue weighted by Gasteiger charge is 2.18. The van der Waals surface area contributed by atoms with Gasteiger partial charge in [-0.3, -0.25) is 15.1 Å². The number of hydrogen-bond acceptors (Lipinski definition) is 4. The maximum atomic E-state index is 11.1. The molecular weight excluding hydrogens is 313 g/mol. The lowest BCUT2D eigenvalue weighted by Gasteiger charge is -2.11. The van der Waals surface area contributed by atoms with Crippen LogP contribution in [0.25, 0.3) is 0 Å². The summed E-state index contributed by atoms with van der Waals surface area (Å²) >= 11 is 12.0. The molecule has 0 aliphatic heterocycles. The van der Waals surface area contributed by atoms with Crippen LogP contribution in [0.5, 0.6) is 0 Å². The van der Waals surface area contributed by atoms with Crippen molar-refractivity contribution in [2.24, 2.45) is 0 Å². The van der Waals surface area contributed by atoms with Crippen molar-refractivity contribution in [3.63, 3.8) is 0 Å². The molecule has 0 spiro atoms. The first-order valence-corrected chi connectivity index (χ1v) is 6.94. The molecule has 2 aromatic rings. The van der Waals surface area contributed by atoms with E-state index in [1.807, 2.05) is 0 Å². The fourth-order valence-electron chi connectivity index (χ4n) is 2.04. The van der Waals surface area contributed by atoms with E-state index in [1.54, 1.807) is 32.0 Å². The molecule has 0 amide bonds. The molecule has 1 aromatic carbocycles. The van der Waals surface area contributed by atoms with Gasteiger partial charge in [0.25, 0.3) is 5.69 Å². The van der Waals surface area contributed by atoms with Crippen LogP contribution >= 0.6 is 23.2 Å². The second kappa shape index (κ2) is 6.28. The van der Waals surface area contributed by atoms with Gasteiger partial charge in [-0.05, 0) is 26.0 Å². The lowest BCUT2D eigenvalue weighted by atomic mass is 10.1. The molecule has 2 rings (SSSR count). The summed E-state index contributed by atoms with van der Waals surface area (Å²) in [4.78, 5) is 14.9. The molecule has 21 heavy (non-hydrogen) atoms. The molecule has 0 saturated carbocycles. The van der Waals surface area contributed by atoms with Gasteiger partial charge in [-0.2, -0.15) is 0 Å². The second-order valence-electron chi connectivity index (χ2n) is 4.57. The number of hydrogen-bond donors (Lipinski definition) is 1. The molecule has 7 heteroatoms. The topological polar surface area (TPSA) is 68.1 Å². The largest absolute Gasteiger partial charge is 0.378 e. The number of nitro groups is 1. The molecule has 1 N–H and O–H groups in total. The van der Waals surface area contributed by atoms with Crippen LogP contribution in [0.4, 0.5) is 11.4 Å². The van der Waals surface area contributed by atoms with Crippen LogP contribution in [0.3, 0.4) is 0 Å². The fourth-order valence-corrected chi connectivity index (χ4v) is 2.41. The second-order valence-corrected chi connectivity index (χ2v) is 5.36. The van der Waals surface area contributed by atoms with Crippen molar-refractivity contribution in [2.75, 3.05) is 5.32 Å². The Morgan fingerprint density at radius 1 is 1.33 bits per heavy atom. The van der Waals surface area contributed by atoms with E-state index < -0.39 is 0 Å². The summed E-state index contributed by atoms with van der Waals surface area (Å²) in [5.74, 6) is 0. The number of halogens is 2. The Morgan fingerprint density at radius 3 is 2.71 bits per heavy atom. The maximum absolute atomic E-state index is 11.1. The smallest absolute Gasteiger partial charge is 0.278 e. The highest BCUT2D eigenvalue weighted by Crippen LogP contribution is 2.30. The summed E-state index contributed by atoms with van der Waals surface area (Å²) in [6.45, 7) is 3.69. The van der Waals surface area contributed by atoms with Gasteiger partial charge in [-0.15, -0.1) is 0 Å². The first-order valence-electron chi connectivity index (χ1n) is 6.19. The van der Waals surface area contributed by atoms with E-state index in [0.717, 1.165) is 0 Å². The molecule has 0 fully saturated rings. The number of nitrogens with zero attached hydrogens (tertiary/aromatic N) is 2. The number of benzene rings is 1. The summed E-state index contributed by atoms with van der Waals surface area (Å²) in [5, 5.41) is 15.0. The molecule has 5 nitrogen and oxygen atoms in total. The Morgan fingerprint density at radius 2 is 2.05 bits per heavy atom. The van der Waals surface area contributed by atoms with Crippen molar-refractivity contribution < 1.29 is 4.92 Å². The maximum Gasteiger partial charge on any atom is 0.278 e. The van der Waals surface area contributed by atoms with Gasteiger partial charge in [-0.1, -0.05) is 29.3 Å². The van der Waals surface area contributed by atoms with Crippen molar-refractivity contribution in [2.45, 2.75) is 20.4 Å². The quantitative estimate of drug-likeness (QED) is 0.662. The third-order valence-electron chi connectivity index (χ3n) is 3.16. The standard InChI is InChI=1S/C14H13Cl2N3O2/c1-8-6-17-12(9(2)14(8)19(20)21)7-18-11-5-3-4-10(15)13(11)16/h3-6,18H,7H2,1-2H3. The molecule has 0 unspecified atom stereocenters. The van der Waals surface area contributed by atoms with E-state index in [9.17, 15) is 10.1 Å². The van der Waals surface area contributed by atoms with Crippen molar-refractivity contribution in [3.05, 3.63) is 61.4 Å². The van der Waals surface area contributed by atoms with E-state index in [2.05, 4.69) is 10.3 Å². The minimum Gasteiger partial charge on any atom is -0.378 e. The Balaban J connectivity index is 2.27. The van der Waals surface area contributed by atoms with E-state index in [-0.39, 0.29) is 10.6 Å². The van der Waals surface area contributed by atoms with Crippen molar-refractivity contribution in [1.29, 1.82) is 0 Å². The van der Waals surface area contributed by atoms with Crippen LogP contribution in [0.1, 0.15) is 16.8 Å². The highest BCUT2D eigenvalue weighted by atomic mass is 35.5. The van der Waals surface area contributed by atoms with Gasteiger partial charge in [0, 0.05) is 11.8 Å². The number of anilines is 1. The third-order valence-corrected chi connectivity index (χ3v) is 3.97. The summed E-state index contributed by atoms with van der Waals surface area (Å²) in [6.07, 6.45) is 1.50. The third kappa shape index (κ3) is 3.25. The minimum absolute atomic E-state index is 0.0963. The lowest BCUT2D eigenvalue weighted by Crippen LogP contribution is -2.07. The summed E-state index contributed by atoms with van der Waals surface area (Å²) in [5.41, 5.74) is 2.45. The predicted octanol–water partition coefficient (Wildman–Crippen LogP) is 4.53. The zero-order valence-electron chi connectivity index (χ0n) is 11.5. The zero-order chi connectivity index (χ0) is 15.6. The predicted molar refractivity (Wildman–Crippen MR) is 84.2 cm³/mol. The highest BCUT2D eigenvalue weighted by molar-refractivity contribution is 6.43. The number of nitrogens with one attached hydrogen (secondary N) is 1. The first-order chi connectivity index (χ1) is 9.91. The lowest BCUT2D eigenvalue weighted by molar-refractivity contribution is -0.386. The minimum atomic E-state index is -0.387. The van der Waals surface area contributed by atoms with Gasteiger partial charge in [0.1, 0.15) is 0 Å². The molecule has 0 aliphatic carbocycles. The number of aryl methyl sites for hydroxylation is 1. The molecule has 0 aliphatic rings. The van der Waals surface area contributed by atoms with Crippen LogP contribution in [-0.2, 0) is 6.54 Å². The Hall–Kier alpha value is -1.85. The monoisotopic (exact) mass is 325 g/mol. The molecule has 0 atom stereocenters. The van der Waals surface area contributed by atoms with E-state index in [1.165, 1.54) is 6.20 Å². The average molecular weight is 326 g/mol. The van der Waals surface area contributed by atoms with Gasteiger partial charge in [0.05, 0.1) is 38.5 Å². The Kier molecular flexibility index (Phi) is 4.65. The molecule has 0 radical (unpaired) electrons. The van der Waals surface area contributed by atoms with Crippen molar-refractivity contribution in [1.82, 2.24) is 4.98 Å². The van der Waals surface area contributed by atoms with Gasteiger partial charge in [-0.25, -0.2) is 0 Å². The molecule has 0 saturated heterocycles. The van der Waals surface area contributed by atoms with Crippen LogP contribution in [0.15, 0.2) is 24.4 Å². The Labute approximate surface area is 132 Å². The van der Waals surface area contributed by atoms with Gasteiger partial charge in [0.15, 0.2) is 0 Å². The normalized spacial score (nSPS) is 10.5. The molecular formula is C14H13Cl2N3O2. The van der Waals surface area contributed by atoms with Crippen molar-refractivity contribution >= 4 is 34.6 Å². The van der Waals surface area contributed by atoms with Crippen LogP contribution < -0.4 is 5.32 Å². The van der Waals surface area contributed by atoms with Crippen LogP contribution in [0.2, 0.25) is 10.0 Å². The number of pyridine rings is 1. The fraction of sp³-hybridized carbons (Fsp3) is 0.214. The van der Waals surface area contributed by atoms with Gasteiger partial charge in [0.2, 0.25) is 0 Å². The van der Waals surface area contributed by atoms with Gasteiger partial charge < -0.3 is 5.32 Å². The summed E-state index contributed by atoms with van der Waals surface area (Å²) < 4.78 is 0. The summed E-state index contributed by atoms with van der Waals surface area (Å²) in [7, 11) is 0. The van der Waals surface area contributed by atoms with E-state index in [0.29, 0.717) is 39.1 Å². The summed E-state index contributed by atoms with van der Waals surface area (Å²) in [6, 6.07) is 5.25. The Bertz CT molecular complexity index is 705. The van der Waals surface area contributed by atoms with Gasteiger partial charge >= 0.3 is 0 Å². The van der Waals surface area contributed by atoms with Crippen LogP contribution in [0, 0.1) is 24.0 Å². The molecule has 1 heterocycles. The molecule has 1 aromatic heterocycles. The zero-order valence-corrected chi connectivity index (χ0v) is 13.0. The molecule has 0 bridgehead atoms. The molecule has 110 valence electrons. The van der Waals surface area contributed by atoms with Crippen LogP contribution in [-0.4, -0.2) is 9.91 Å². The van der Waals surface area contributed by atoms with Crippen molar-refractivity contribution in [3.8, 4) is 0 Å².